The quantitative estimate of drug-likeness (QED) is 0.473. The summed E-state index contributed by atoms with van der Waals surface area (Å²) in [6, 6.07) is 5.55. The van der Waals surface area contributed by atoms with Crippen molar-refractivity contribution in [2.75, 3.05) is 38.2 Å². The maximum Gasteiger partial charge on any atom is 0.407 e. The van der Waals surface area contributed by atoms with Crippen LogP contribution in [-0.2, 0) is 16.1 Å². The van der Waals surface area contributed by atoms with Gasteiger partial charge in [-0.2, -0.15) is 0 Å². The first-order valence-corrected chi connectivity index (χ1v) is 13.7. The predicted molar refractivity (Wildman–Crippen MR) is 145 cm³/mol. The van der Waals surface area contributed by atoms with Crippen LogP contribution in [0.5, 0.6) is 0 Å². The molecule has 2 saturated heterocycles. The molecule has 11 nitrogen and oxygen atoms in total. The number of rotatable bonds is 7. The Labute approximate surface area is 231 Å². The lowest BCUT2D eigenvalue weighted by molar-refractivity contribution is -0.122. The van der Waals surface area contributed by atoms with Gasteiger partial charge in [-0.3, -0.25) is 9.59 Å². The molecule has 2 aromatic rings. The minimum atomic E-state index is -0.937. The maximum absolute atomic E-state index is 13.2. The van der Waals surface area contributed by atoms with Crippen LogP contribution < -0.4 is 10.6 Å². The summed E-state index contributed by atoms with van der Waals surface area (Å²) < 4.78 is 5.41. The average Bonchev–Trinajstić information content (AvgIpc) is 3.24. The molecule has 0 saturated carbocycles. The van der Waals surface area contributed by atoms with E-state index in [1.807, 2.05) is 19.1 Å². The van der Waals surface area contributed by atoms with Crippen molar-refractivity contribution in [2.24, 2.45) is 5.92 Å². The minimum absolute atomic E-state index is 0.0382. The lowest BCUT2D eigenvalue weighted by Crippen LogP contribution is -2.49. The smallest absolute Gasteiger partial charge is 0.407 e. The zero-order valence-electron chi connectivity index (χ0n) is 21.9. The average molecular weight is 557 g/mol. The van der Waals surface area contributed by atoms with Crippen LogP contribution in [0.3, 0.4) is 0 Å². The molecule has 5 rings (SSSR count). The van der Waals surface area contributed by atoms with E-state index in [2.05, 4.69) is 20.6 Å². The van der Waals surface area contributed by atoms with Crippen LogP contribution in [0.4, 0.5) is 10.7 Å². The van der Waals surface area contributed by atoms with Crippen molar-refractivity contribution in [3.8, 4) is 11.3 Å². The number of fused-ring (bicyclic) bond motifs is 1. The molecule has 2 fully saturated rings. The molecule has 1 aromatic heterocycles. The number of nitrogens with zero attached hydrogens (tertiary/aromatic N) is 4. The van der Waals surface area contributed by atoms with Gasteiger partial charge in [0.15, 0.2) is 0 Å². The fourth-order valence-corrected chi connectivity index (χ4v) is 5.68. The first kappa shape index (κ1) is 27.1. The Morgan fingerprint density at radius 2 is 2.05 bits per heavy atom. The van der Waals surface area contributed by atoms with E-state index in [1.54, 1.807) is 12.3 Å². The second-order valence-electron chi connectivity index (χ2n) is 10.4. The molecule has 0 aliphatic carbocycles. The lowest BCUT2D eigenvalue weighted by atomic mass is 9.92. The summed E-state index contributed by atoms with van der Waals surface area (Å²) in [6.07, 6.45) is 3.98. The lowest BCUT2D eigenvalue weighted by Gasteiger charge is -2.34. The van der Waals surface area contributed by atoms with Gasteiger partial charge in [0.2, 0.25) is 11.9 Å². The van der Waals surface area contributed by atoms with Gasteiger partial charge in [0.25, 0.3) is 5.91 Å². The number of carbonyl (C=O) groups excluding carboxylic acids is 2. The summed E-state index contributed by atoms with van der Waals surface area (Å²) in [5.74, 6) is 0.0235. The summed E-state index contributed by atoms with van der Waals surface area (Å²) in [4.78, 5) is 49.2. The third-order valence-corrected chi connectivity index (χ3v) is 8.00. The standard InChI is InChI=1S/C27H33ClN6O5/c1-16(18-3-2-8-33(13-18)27(37)38)30-23(35)15-34-14-19-5-4-17(11-21(19)25(34)36)24-22(28)12-29-26(32-24)31-20-6-9-39-10-7-20/h4-5,11-12,16,18,20H,2-3,6-10,13-15H2,1H3,(H,30,35)(H,37,38)(H,29,31,32)/t16?,18-/m0/s1. The number of carbonyl (C=O) groups is 3. The number of ether oxygens (including phenoxy) is 1. The van der Waals surface area contributed by atoms with Gasteiger partial charge < -0.3 is 30.3 Å². The van der Waals surface area contributed by atoms with E-state index in [9.17, 15) is 19.5 Å². The van der Waals surface area contributed by atoms with Gasteiger partial charge in [0.1, 0.15) is 6.54 Å². The fourth-order valence-electron chi connectivity index (χ4n) is 5.48. The summed E-state index contributed by atoms with van der Waals surface area (Å²) in [7, 11) is 0. The number of amides is 3. The highest BCUT2D eigenvalue weighted by atomic mass is 35.5. The number of likely N-dealkylation sites (tertiary alicyclic amines) is 1. The third kappa shape index (κ3) is 6.25. The number of hydrogen-bond acceptors (Lipinski definition) is 7. The second-order valence-corrected chi connectivity index (χ2v) is 10.8. The van der Waals surface area contributed by atoms with Crippen LogP contribution in [-0.4, -0.2) is 87.7 Å². The van der Waals surface area contributed by atoms with Crippen LogP contribution in [0.1, 0.15) is 48.5 Å². The van der Waals surface area contributed by atoms with Gasteiger partial charge in [-0.15, -0.1) is 0 Å². The Balaban J connectivity index is 1.22. The van der Waals surface area contributed by atoms with E-state index in [4.69, 9.17) is 16.3 Å². The first-order valence-electron chi connectivity index (χ1n) is 13.3. The monoisotopic (exact) mass is 556 g/mol. The molecule has 208 valence electrons. The largest absolute Gasteiger partial charge is 0.465 e. The summed E-state index contributed by atoms with van der Waals surface area (Å²) in [5.41, 5.74) is 2.58. The first-order chi connectivity index (χ1) is 18.8. The van der Waals surface area contributed by atoms with Crippen LogP contribution in [0.25, 0.3) is 11.3 Å². The van der Waals surface area contributed by atoms with Crippen LogP contribution in [0.2, 0.25) is 5.02 Å². The summed E-state index contributed by atoms with van der Waals surface area (Å²) in [6.45, 7) is 4.45. The van der Waals surface area contributed by atoms with Crippen LogP contribution in [0, 0.1) is 5.92 Å². The van der Waals surface area contributed by atoms with Crippen molar-refractivity contribution in [3.05, 3.63) is 40.5 Å². The molecular formula is C27H33ClN6O5. The van der Waals surface area contributed by atoms with Crippen molar-refractivity contribution in [2.45, 2.75) is 51.2 Å². The molecule has 4 heterocycles. The zero-order chi connectivity index (χ0) is 27.5. The molecule has 1 unspecified atom stereocenters. The Morgan fingerprint density at radius 3 is 2.82 bits per heavy atom. The van der Waals surface area contributed by atoms with Crippen molar-refractivity contribution in [3.63, 3.8) is 0 Å². The topological polar surface area (TPSA) is 137 Å². The van der Waals surface area contributed by atoms with Gasteiger partial charge in [-0.1, -0.05) is 23.7 Å². The Bertz CT molecular complexity index is 1250. The molecule has 0 spiro atoms. The third-order valence-electron chi connectivity index (χ3n) is 7.72. The molecule has 12 heteroatoms. The fraction of sp³-hybridized carbons (Fsp3) is 0.519. The van der Waals surface area contributed by atoms with Gasteiger partial charge in [0.05, 0.1) is 16.9 Å². The number of carboxylic acid groups (broad SMARTS) is 1. The molecule has 1 aromatic carbocycles. The number of aromatic nitrogens is 2. The Kier molecular flexibility index (Phi) is 8.18. The Morgan fingerprint density at radius 1 is 1.26 bits per heavy atom. The minimum Gasteiger partial charge on any atom is -0.465 e. The van der Waals surface area contributed by atoms with E-state index in [0.717, 1.165) is 31.2 Å². The van der Waals surface area contributed by atoms with E-state index in [-0.39, 0.29) is 36.4 Å². The van der Waals surface area contributed by atoms with Crippen molar-refractivity contribution in [1.82, 2.24) is 25.1 Å². The van der Waals surface area contributed by atoms with Crippen LogP contribution in [0.15, 0.2) is 24.4 Å². The molecule has 3 N–H and O–H groups in total. The predicted octanol–water partition coefficient (Wildman–Crippen LogP) is 3.24. The van der Waals surface area contributed by atoms with E-state index >= 15 is 0 Å². The molecule has 0 radical (unpaired) electrons. The number of nitrogens with one attached hydrogen (secondary N) is 2. The molecule has 3 aliphatic rings. The van der Waals surface area contributed by atoms with Crippen molar-refractivity contribution < 1.29 is 24.2 Å². The molecule has 3 amide bonds. The molecule has 39 heavy (non-hydrogen) atoms. The molecule has 2 atom stereocenters. The van der Waals surface area contributed by atoms with Crippen LogP contribution >= 0.6 is 11.6 Å². The number of benzene rings is 1. The van der Waals surface area contributed by atoms with E-state index < -0.39 is 6.09 Å². The maximum atomic E-state index is 13.2. The number of anilines is 1. The second kappa shape index (κ2) is 11.7. The SMILES string of the molecule is CC(NC(=O)CN1Cc2ccc(-c3nc(NC4CCOCC4)ncc3Cl)cc2C1=O)[C@H]1CCCN(C(=O)O)C1. The number of piperidine rings is 1. The normalized spacial score (nSPS) is 20.5. The summed E-state index contributed by atoms with van der Waals surface area (Å²) in [5, 5.41) is 16.0. The van der Waals surface area contributed by atoms with E-state index in [1.165, 1.54) is 9.80 Å². The number of halogens is 1. The highest BCUT2D eigenvalue weighted by molar-refractivity contribution is 6.33. The van der Waals surface area contributed by atoms with Gasteiger partial charge >= 0.3 is 6.09 Å². The van der Waals surface area contributed by atoms with Crippen molar-refractivity contribution in [1.29, 1.82) is 0 Å². The molecule has 3 aliphatic heterocycles. The van der Waals surface area contributed by atoms with Gasteiger partial charge in [-0.25, -0.2) is 14.8 Å². The molecule has 0 bridgehead atoms. The van der Waals surface area contributed by atoms with Gasteiger partial charge in [0, 0.05) is 56.1 Å². The van der Waals surface area contributed by atoms with Gasteiger partial charge in [-0.05, 0) is 50.2 Å². The van der Waals surface area contributed by atoms with Crippen molar-refractivity contribution >= 4 is 35.5 Å². The highest BCUT2D eigenvalue weighted by Gasteiger charge is 2.32. The van der Waals surface area contributed by atoms with E-state index in [0.29, 0.717) is 60.6 Å². The number of hydrogen-bond donors (Lipinski definition) is 3. The zero-order valence-corrected chi connectivity index (χ0v) is 22.6. The Hall–Kier alpha value is -3.44. The highest BCUT2D eigenvalue weighted by Crippen LogP contribution is 2.32. The molecular weight excluding hydrogens is 524 g/mol. The summed E-state index contributed by atoms with van der Waals surface area (Å²) >= 11 is 6.44.